The van der Waals surface area contributed by atoms with Crippen LogP contribution in [0.2, 0.25) is 5.02 Å². The number of aryl methyl sites for hydroxylation is 1. The average molecular weight is 311 g/mol. The summed E-state index contributed by atoms with van der Waals surface area (Å²) < 4.78 is 0. The summed E-state index contributed by atoms with van der Waals surface area (Å²) in [6.07, 6.45) is 0.557. The van der Waals surface area contributed by atoms with E-state index in [1.54, 1.807) is 23.5 Å². The molecule has 0 saturated carbocycles. The maximum absolute atomic E-state index is 11.1. The van der Waals surface area contributed by atoms with Gasteiger partial charge in [0.25, 0.3) is 5.69 Å². The molecule has 0 radical (unpaired) electrons. The van der Waals surface area contributed by atoms with Crippen LogP contribution >= 0.6 is 22.9 Å². The van der Waals surface area contributed by atoms with E-state index in [-0.39, 0.29) is 16.7 Å². The number of nitrogens with one attached hydrogen (secondary N) is 1. The zero-order valence-electron chi connectivity index (χ0n) is 11.2. The minimum Gasteiger partial charge on any atom is -0.313 e. The van der Waals surface area contributed by atoms with Gasteiger partial charge >= 0.3 is 0 Å². The number of thiophene rings is 1. The second-order valence-corrected chi connectivity index (χ2v) is 6.06. The maximum atomic E-state index is 11.1. The molecule has 1 aromatic carbocycles. The predicted molar refractivity (Wildman–Crippen MR) is 82.7 cm³/mol. The second-order valence-electron chi connectivity index (χ2n) is 4.51. The van der Waals surface area contributed by atoms with Crippen LogP contribution in [0.4, 0.5) is 5.69 Å². The van der Waals surface area contributed by atoms with Crippen LogP contribution in [0, 0.1) is 17.0 Å². The highest BCUT2D eigenvalue weighted by molar-refractivity contribution is 7.10. The van der Waals surface area contributed by atoms with Crippen LogP contribution in [-0.2, 0) is 6.42 Å². The molecular weight excluding hydrogens is 296 g/mol. The highest BCUT2D eigenvalue weighted by atomic mass is 35.5. The molecule has 4 nitrogen and oxygen atoms in total. The van der Waals surface area contributed by atoms with Gasteiger partial charge in [-0.2, -0.15) is 0 Å². The van der Waals surface area contributed by atoms with Gasteiger partial charge in [0.05, 0.1) is 4.92 Å². The number of benzene rings is 1. The number of likely N-dealkylation sites (N-methyl/N-ethyl adjacent to an activating group) is 1. The Hall–Kier alpha value is -1.43. The van der Waals surface area contributed by atoms with Crippen LogP contribution in [-0.4, -0.2) is 12.0 Å². The van der Waals surface area contributed by atoms with Gasteiger partial charge in [-0.1, -0.05) is 17.7 Å². The van der Waals surface area contributed by atoms with Crippen LogP contribution in [0.5, 0.6) is 0 Å². The summed E-state index contributed by atoms with van der Waals surface area (Å²) in [5.41, 5.74) is 1.94. The van der Waals surface area contributed by atoms with E-state index >= 15 is 0 Å². The topological polar surface area (TPSA) is 55.2 Å². The Morgan fingerprint density at radius 2 is 2.20 bits per heavy atom. The fourth-order valence-corrected chi connectivity index (χ4v) is 3.15. The predicted octanol–water partition coefficient (Wildman–Crippen LogP) is 4.12. The highest BCUT2D eigenvalue weighted by Gasteiger charge is 2.20. The van der Waals surface area contributed by atoms with E-state index in [0.29, 0.717) is 17.0 Å². The van der Waals surface area contributed by atoms with E-state index in [4.69, 9.17) is 11.6 Å². The first-order chi connectivity index (χ1) is 9.52. The SMILES string of the molecule is CNC(Cc1ccc(Cl)cc1[N+](=O)[O-])c1ccsc1C. The molecule has 0 amide bonds. The van der Waals surface area contributed by atoms with Crippen LogP contribution in [0.1, 0.15) is 22.0 Å². The molecule has 1 atom stereocenters. The number of hydrogen-bond acceptors (Lipinski definition) is 4. The van der Waals surface area contributed by atoms with Gasteiger partial charge in [0.15, 0.2) is 0 Å². The Morgan fingerprint density at radius 1 is 1.45 bits per heavy atom. The van der Waals surface area contributed by atoms with Gasteiger partial charge in [-0.05, 0) is 43.5 Å². The smallest absolute Gasteiger partial charge is 0.274 e. The fourth-order valence-electron chi connectivity index (χ4n) is 2.22. The van der Waals surface area contributed by atoms with E-state index in [0.717, 1.165) is 0 Å². The molecule has 0 aliphatic carbocycles. The van der Waals surface area contributed by atoms with Gasteiger partial charge < -0.3 is 5.32 Å². The molecule has 0 saturated heterocycles. The Labute approximate surface area is 126 Å². The molecule has 2 rings (SSSR count). The Bertz CT molecular complexity index is 627. The van der Waals surface area contributed by atoms with Crippen molar-refractivity contribution < 1.29 is 4.92 Å². The van der Waals surface area contributed by atoms with Crippen LogP contribution < -0.4 is 5.32 Å². The number of rotatable bonds is 5. The molecule has 0 aliphatic heterocycles. The largest absolute Gasteiger partial charge is 0.313 e. The normalized spacial score (nSPS) is 12.3. The lowest BCUT2D eigenvalue weighted by Gasteiger charge is -2.16. The fraction of sp³-hybridized carbons (Fsp3) is 0.286. The zero-order chi connectivity index (χ0) is 14.7. The molecule has 0 spiro atoms. The van der Waals surface area contributed by atoms with Gasteiger partial charge in [-0.3, -0.25) is 10.1 Å². The molecule has 1 unspecified atom stereocenters. The van der Waals surface area contributed by atoms with Gasteiger partial charge in [0.2, 0.25) is 0 Å². The summed E-state index contributed by atoms with van der Waals surface area (Å²) in [6, 6.07) is 6.94. The first kappa shape index (κ1) is 15.0. The van der Waals surface area contributed by atoms with Crippen molar-refractivity contribution in [2.24, 2.45) is 0 Å². The second kappa shape index (κ2) is 6.35. The standard InChI is InChI=1S/C14H15ClN2O2S/c1-9-12(5-6-20-9)13(16-2)7-10-3-4-11(15)8-14(10)17(18)19/h3-6,8,13,16H,7H2,1-2H3. The summed E-state index contributed by atoms with van der Waals surface area (Å²) in [7, 11) is 1.86. The first-order valence-corrected chi connectivity index (χ1v) is 7.42. The maximum Gasteiger partial charge on any atom is 0.274 e. The number of nitro groups is 1. The molecule has 1 N–H and O–H groups in total. The molecular formula is C14H15ClN2O2S. The van der Waals surface area contributed by atoms with E-state index in [1.807, 2.05) is 12.4 Å². The average Bonchev–Trinajstić information content (AvgIpc) is 2.83. The molecule has 1 heterocycles. The monoisotopic (exact) mass is 310 g/mol. The Morgan fingerprint density at radius 3 is 2.75 bits per heavy atom. The van der Waals surface area contributed by atoms with E-state index < -0.39 is 0 Å². The lowest BCUT2D eigenvalue weighted by molar-refractivity contribution is -0.385. The van der Waals surface area contributed by atoms with E-state index in [9.17, 15) is 10.1 Å². The highest BCUT2D eigenvalue weighted by Crippen LogP contribution is 2.30. The van der Waals surface area contributed by atoms with Crippen molar-refractivity contribution in [2.75, 3.05) is 7.05 Å². The number of halogens is 1. The lowest BCUT2D eigenvalue weighted by atomic mass is 9.98. The molecule has 1 aromatic heterocycles. The Balaban J connectivity index is 2.33. The van der Waals surface area contributed by atoms with Crippen molar-refractivity contribution in [1.82, 2.24) is 5.32 Å². The van der Waals surface area contributed by atoms with Crippen molar-refractivity contribution in [3.05, 3.63) is 60.8 Å². The van der Waals surface area contributed by atoms with Crippen LogP contribution in [0.25, 0.3) is 0 Å². The molecule has 2 aromatic rings. The van der Waals surface area contributed by atoms with Gasteiger partial charge in [0.1, 0.15) is 0 Å². The van der Waals surface area contributed by atoms with Crippen molar-refractivity contribution in [3.63, 3.8) is 0 Å². The summed E-state index contributed by atoms with van der Waals surface area (Å²) in [4.78, 5) is 12.0. The third-order valence-electron chi connectivity index (χ3n) is 3.29. The lowest BCUT2D eigenvalue weighted by Crippen LogP contribution is -2.19. The number of hydrogen-bond donors (Lipinski definition) is 1. The minimum atomic E-state index is -0.381. The summed E-state index contributed by atoms with van der Waals surface area (Å²) in [5, 5.41) is 16.8. The van der Waals surface area contributed by atoms with Crippen molar-refractivity contribution in [1.29, 1.82) is 0 Å². The summed E-state index contributed by atoms with van der Waals surface area (Å²) in [6.45, 7) is 2.06. The van der Waals surface area contributed by atoms with Crippen molar-refractivity contribution in [3.8, 4) is 0 Å². The van der Waals surface area contributed by atoms with Gasteiger partial charge in [-0.25, -0.2) is 0 Å². The van der Waals surface area contributed by atoms with Crippen molar-refractivity contribution >= 4 is 28.6 Å². The van der Waals surface area contributed by atoms with Crippen molar-refractivity contribution in [2.45, 2.75) is 19.4 Å². The molecule has 106 valence electrons. The third-order valence-corrected chi connectivity index (χ3v) is 4.39. The van der Waals surface area contributed by atoms with Gasteiger partial charge in [-0.15, -0.1) is 11.3 Å². The molecule has 0 bridgehead atoms. The Kier molecular flexibility index (Phi) is 4.75. The van der Waals surface area contributed by atoms with E-state index in [2.05, 4.69) is 18.3 Å². The van der Waals surface area contributed by atoms with Crippen LogP contribution in [0.3, 0.4) is 0 Å². The molecule has 6 heteroatoms. The summed E-state index contributed by atoms with van der Waals surface area (Å²) >= 11 is 7.51. The van der Waals surface area contributed by atoms with Crippen LogP contribution in [0.15, 0.2) is 29.6 Å². The minimum absolute atomic E-state index is 0.0566. The van der Waals surface area contributed by atoms with E-state index in [1.165, 1.54) is 16.5 Å². The van der Waals surface area contributed by atoms with Gasteiger partial charge in [0, 0.05) is 27.6 Å². The number of nitro benzene ring substituents is 1. The first-order valence-electron chi connectivity index (χ1n) is 6.17. The summed E-state index contributed by atoms with van der Waals surface area (Å²) in [5.74, 6) is 0. The number of nitrogens with zero attached hydrogens (tertiary/aromatic N) is 1. The molecule has 0 aliphatic rings. The quantitative estimate of drug-likeness (QED) is 0.667. The zero-order valence-corrected chi connectivity index (χ0v) is 12.8. The molecule has 20 heavy (non-hydrogen) atoms. The molecule has 0 fully saturated rings. The third kappa shape index (κ3) is 3.17.